The van der Waals surface area contributed by atoms with Crippen LogP contribution in [0, 0.1) is 4.77 Å². The van der Waals surface area contributed by atoms with Gasteiger partial charge in [-0.05, 0) is 24.4 Å². The Balaban J connectivity index is 1.52. The Morgan fingerprint density at radius 3 is 2.88 bits per heavy atom. The fourth-order valence-corrected chi connectivity index (χ4v) is 3.17. The third-order valence-electron chi connectivity index (χ3n) is 4.14. The smallest absolute Gasteiger partial charge is 0.256 e. The van der Waals surface area contributed by atoms with E-state index in [1.807, 2.05) is 36.5 Å². The summed E-state index contributed by atoms with van der Waals surface area (Å²) in [5, 5.41) is 8.42. The highest BCUT2D eigenvalue weighted by molar-refractivity contribution is 7.71. The van der Waals surface area contributed by atoms with Gasteiger partial charge in [0.2, 0.25) is 0 Å². The van der Waals surface area contributed by atoms with E-state index in [1.54, 1.807) is 4.68 Å². The summed E-state index contributed by atoms with van der Waals surface area (Å²) in [4.78, 5) is 20.0. The lowest BCUT2D eigenvalue weighted by Gasteiger charge is -2.26. The van der Waals surface area contributed by atoms with Crippen molar-refractivity contribution in [3.63, 3.8) is 0 Å². The average molecular weight is 340 g/mol. The first-order valence-electron chi connectivity index (χ1n) is 7.72. The maximum absolute atomic E-state index is 12.1. The normalized spacial score (nSPS) is 14.5. The van der Waals surface area contributed by atoms with Crippen molar-refractivity contribution >= 4 is 12.2 Å². The van der Waals surface area contributed by atoms with Crippen LogP contribution in [0.25, 0.3) is 5.69 Å². The Kier molecular flexibility index (Phi) is 3.83. The van der Waals surface area contributed by atoms with Crippen LogP contribution < -0.4 is 5.56 Å². The highest BCUT2D eigenvalue weighted by Crippen LogP contribution is 2.15. The summed E-state index contributed by atoms with van der Waals surface area (Å²) in [5.74, 6) is 0. The van der Waals surface area contributed by atoms with E-state index in [1.165, 1.54) is 0 Å². The Bertz CT molecular complexity index is 974. The predicted molar refractivity (Wildman–Crippen MR) is 91.4 cm³/mol. The minimum atomic E-state index is -0.105. The molecule has 0 saturated heterocycles. The minimum Gasteiger partial charge on any atom is -0.335 e. The van der Waals surface area contributed by atoms with Crippen LogP contribution in [0.3, 0.4) is 0 Å². The van der Waals surface area contributed by atoms with E-state index in [4.69, 9.17) is 12.2 Å². The molecular weight excluding hydrogens is 324 g/mol. The molecule has 1 aromatic carbocycles. The molecule has 0 saturated carbocycles. The summed E-state index contributed by atoms with van der Waals surface area (Å²) >= 11 is 5.02. The van der Waals surface area contributed by atoms with Gasteiger partial charge in [0.1, 0.15) is 0 Å². The van der Waals surface area contributed by atoms with Gasteiger partial charge in [-0.25, -0.2) is 4.68 Å². The van der Waals surface area contributed by atoms with Crippen LogP contribution in [0.1, 0.15) is 17.0 Å². The largest absolute Gasteiger partial charge is 0.335 e. The molecule has 24 heavy (non-hydrogen) atoms. The molecule has 3 aromatic rings. The van der Waals surface area contributed by atoms with Gasteiger partial charge >= 0.3 is 0 Å². The molecule has 122 valence electrons. The van der Waals surface area contributed by atoms with Crippen LogP contribution in [0.4, 0.5) is 0 Å². The van der Waals surface area contributed by atoms with E-state index in [2.05, 4.69) is 25.2 Å². The third kappa shape index (κ3) is 2.93. The lowest BCUT2D eigenvalue weighted by Crippen LogP contribution is -2.35. The Morgan fingerprint density at radius 2 is 2.04 bits per heavy atom. The van der Waals surface area contributed by atoms with Crippen LogP contribution in [0.15, 0.2) is 41.3 Å². The summed E-state index contributed by atoms with van der Waals surface area (Å²) in [6, 6.07) is 9.87. The number of nitrogens with zero attached hydrogens (tertiary/aromatic N) is 4. The molecule has 0 atom stereocenters. The van der Waals surface area contributed by atoms with Gasteiger partial charge in [-0.15, -0.1) is 5.10 Å². The van der Waals surface area contributed by atoms with E-state index in [0.717, 1.165) is 35.6 Å². The highest BCUT2D eigenvalue weighted by Gasteiger charge is 2.20. The van der Waals surface area contributed by atoms with Gasteiger partial charge in [0.25, 0.3) is 5.56 Å². The van der Waals surface area contributed by atoms with Crippen molar-refractivity contribution in [2.75, 3.05) is 6.54 Å². The van der Waals surface area contributed by atoms with Crippen LogP contribution in [-0.2, 0) is 19.5 Å². The lowest BCUT2D eigenvalue weighted by atomic mass is 10.1. The molecule has 1 aliphatic heterocycles. The fourth-order valence-electron chi connectivity index (χ4n) is 2.95. The molecule has 3 heterocycles. The summed E-state index contributed by atoms with van der Waals surface area (Å²) in [5.41, 5.74) is 3.44. The van der Waals surface area contributed by atoms with Crippen LogP contribution >= 0.6 is 12.2 Å². The fraction of sp³-hybridized carbons (Fsp3) is 0.250. The molecule has 1 aliphatic rings. The third-order valence-corrected chi connectivity index (χ3v) is 4.34. The Labute approximate surface area is 143 Å². The van der Waals surface area contributed by atoms with Gasteiger partial charge in [-0.3, -0.25) is 14.7 Å². The van der Waals surface area contributed by atoms with Crippen molar-refractivity contribution in [3.8, 4) is 5.69 Å². The summed E-state index contributed by atoms with van der Waals surface area (Å²) < 4.78 is 2.15. The first-order chi connectivity index (χ1) is 11.7. The van der Waals surface area contributed by atoms with Crippen molar-refractivity contribution in [2.45, 2.75) is 19.5 Å². The van der Waals surface area contributed by atoms with Gasteiger partial charge < -0.3 is 4.98 Å². The number of para-hydroxylation sites is 1. The number of rotatable bonds is 3. The standard InChI is InChI=1S/C16H16N6OS/c23-15-13-10-21(7-6-14(13)17-16(24)18-15)8-11-9-22(20-19-11)12-4-2-1-3-5-12/h1-5,9H,6-8,10H2,(H2,17,18,23,24). The van der Waals surface area contributed by atoms with Crippen molar-refractivity contribution < 1.29 is 0 Å². The second kappa shape index (κ2) is 6.14. The number of benzene rings is 1. The van der Waals surface area contributed by atoms with Gasteiger partial charge in [-0.1, -0.05) is 23.4 Å². The summed E-state index contributed by atoms with van der Waals surface area (Å²) in [7, 11) is 0. The molecular formula is C16H16N6OS. The number of hydrogen-bond acceptors (Lipinski definition) is 5. The van der Waals surface area contributed by atoms with Crippen molar-refractivity contribution in [1.82, 2.24) is 29.9 Å². The predicted octanol–water partition coefficient (Wildman–Crippen LogP) is 1.57. The van der Waals surface area contributed by atoms with Crippen LogP contribution in [-0.4, -0.2) is 36.4 Å². The second-order valence-electron chi connectivity index (χ2n) is 5.82. The Hall–Kier alpha value is -2.58. The summed E-state index contributed by atoms with van der Waals surface area (Å²) in [6.07, 6.45) is 2.70. The number of fused-ring (bicyclic) bond motifs is 1. The quantitative estimate of drug-likeness (QED) is 0.707. The van der Waals surface area contributed by atoms with E-state index in [9.17, 15) is 4.79 Å². The molecule has 0 radical (unpaired) electrons. The average Bonchev–Trinajstić information content (AvgIpc) is 3.05. The number of hydrogen-bond donors (Lipinski definition) is 2. The number of aromatic amines is 2. The number of aromatic nitrogens is 5. The molecule has 0 fully saturated rings. The van der Waals surface area contributed by atoms with E-state index in [-0.39, 0.29) is 5.56 Å². The SMILES string of the molecule is O=c1[nH]c(=S)[nH]c2c1CN(Cc1cn(-c3ccccc3)nn1)CC2. The summed E-state index contributed by atoms with van der Waals surface area (Å²) in [6.45, 7) is 2.08. The molecule has 2 aromatic heterocycles. The molecule has 0 unspecified atom stereocenters. The zero-order chi connectivity index (χ0) is 16.5. The molecule has 2 N–H and O–H groups in total. The van der Waals surface area contributed by atoms with Crippen molar-refractivity contribution in [3.05, 3.63) is 68.6 Å². The molecule has 0 amide bonds. The van der Waals surface area contributed by atoms with Crippen molar-refractivity contribution in [1.29, 1.82) is 0 Å². The van der Waals surface area contributed by atoms with Crippen molar-refractivity contribution in [2.24, 2.45) is 0 Å². The zero-order valence-corrected chi connectivity index (χ0v) is 13.7. The maximum Gasteiger partial charge on any atom is 0.256 e. The molecule has 7 nitrogen and oxygen atoms in total. The second-order valence-corrected chi connectivity index (χ2v) is 6.22. The highest BCUT2D eigenvalue weighted by atomic mass is 32.1. The van der Waals surface area contributed by atoms with Crippen LogP contribution in [0.2, 0.25) is 0 Å². The lowest BCUT2D eigenvalue weighted by molar-refractivity contribution is 0.238. The topological polar surface area (TPSA) is 82.6 Å². The molecule has 0 aliphatic carbocycles. The molecule has 8 heteroatoms. The first-order valence-corrected chi connectivity index (χ1v) is 8.13. The van der Waals surface area contributed by atoms with Gasteiger partial charge in [-0.2, -0.15) is 0 Å². The van der Waals surface area contributed by atoms with E-state index >= 15 is 0 Å². The Morgan fingerprint density at radius 1 is 1.21 bits per heavy atom. The molecule has 0 spiro atoms. The number of nitrogens with one attached hydrogen (secondary N) is 2. The van der Waals surface area contributed by atoms with Gasteiger partial charge in [0.05, 0.1) is 23.1 Å². The number of H-pyrrole nitrogens is 2. The molecule has 0 bridgehead atoms. The monoisotopic (exact) mass is 340 g/mol. The minimum absolute atomic E-state index is 0.105. The van der Waals surface area contributed by atoms with E-state index < -0.39 is 0 Å². The maximum atomic E-state index is 12.1. The van der Waals surface area contributed by atoms with E-state index in [0.29, 0.717) is 17.9 Å². The molecule has 4 rings (SSSR count). The van der Waals surface area contributed by atoms with Gasteiger partial charge in [0.15, 0.2) is 4.77 Å². The van der Waals surface area contributed by atoms with Crippen LogP contribution in [0.5, 0.6) is 0 Å². The zero-order valence-electron chi connectivity index (χ0n) is 12.9. The van der Waals surface area contributed by atoms with Gasteiger partial charge in [0, 0.05) is 31.7 Å². The first kappa shape index (κ1) is 15.0.